The first-order valence-corrected chi connectivity index (χ1v) is 8.58. The molecule has 6 nitrogen and oxygen atoms in total. The monoisotopic (exact) mass is 395 g/mol. The Hall–Kier alpha value is -2.28. The molecule has 0 saturated carbocycles. The van der Waals surface area contributed by atoms with Crippen LogP contribution in [-0.2, 0) is 20.7 Å². The third kappa shape index (κ3) is 5.11. The number of benzene rings is 2. The van der Waals surface area contributed by atoms with Gasteiger partial charge >= 0.3 is 5.97 Å². The number of hydrogen-bond acceptors (Lipinski definition) is 5. The number of esters is 1. The number of hydrogen-bond donors (Lipinski definition) is 3. The summed E-state index contributed by atoms with van der Waals surface area (Å²) in [4.78, 5) is 23.3. The van der Waals surface area contributed by atoms with Crippen molar-refractivity contribution in [2.24, 2.45) is 11.5 Å². The van der Waals surface area contributed by atoms with E-state index in [2.05, 4.69) is 5.32 Å². The summed E-state index contributed by atoms with van der Waals surface area (Å²) < 4.78 is 5.19. The van der Waals surface area contributed by atoms with Crippen molar-refractivity contribution in [1.29, 1.82) is 0 Å². The number of anilines is 2. The summed E-state index contributed by atoms with van der Waals surface area (Å²) in [5.41, 5.74) is 12.6. The lowest BCUT2D eigenvalue weighted by Gasteiger charge is -2.18. The molecule has 26 heavy (non-hydrogen) atoms. The number of ether oxygens (including phenoxy) is 1. The normalized spacial score (nSPS) is 12.9. The summed E-state index contributed by atoms with van der Waals surface area (Å²) in [5, 5.41) is 4.05. The Bertz CT molecular complexity index is 794. The Balaban J connectivity index is 2.14. The average Bonchev–Trinajstić information content (AvgIpc) is 2.58. The summed E-state index contributed by atoms with van der Waals surface area (Å²) >= 11 is 12.3. The molecule has 0 aliphatic rings. The Labute approximate surface area is 161 Å². The third-order valence-corrected chi connectivity index (χ3v) is 4.36. The van der Waals surface area contributed by atoms with E-state index in [9.17, 15) is 9.59 Å². The number of carbonyl (C=O) groups excluding carboxylic acids is 2. The van der Waals surface area contributed by atoms with E-state index in [1.54, 1.807) is 36.4 Å². The van der Waals surface area contributed by atoms with Gasteiger partial charge in [0, 0.05) is 5.69 Å². The fourth-order valence-corrected chi connectivity index (χ4v) is 2.75. The van der Waals surface area contributed by atoms with Crippen molar-refractivity contribution >= 4 is 46.5 Å². The molecular formula is C18H19Cl2N3O3. The van der Waals surface area contributed by atoms with Crippen LogP contribution in [0.4, 0.5) is 11.4 Å². The minimum absolute atomic E-state index is 0.0267. The van der Waals surface area contributed by atoms with E-state index < -0.39 is 24.0 Å². The van der Waals surface area contributed by atoms with Crippen LogP contribution < -0.4 is 16.8 Å². The van der Waals surface area contributed by atoms with Crippen LogP contribution in [0.15, 0.2) is 42.5 Å². The van der Waals surface area contributed by atoms with Gasteiger partial charge in [0.25, 0.3) is 0 Å². The molecule has 0 heterocycles. The van der Waals surface area contributed by atoms with Crippen LogP contribution in [0, 0.1) is 0 Å². The molecule has 0 aromatic heterocycles. The Kier molecular flexibility index (Phi) is 6.85. The van der Waals surface area contributed by atoms with Gasteiger partial charge in [0.2, 0.25) is 5.91 Å². The molecule has 0 unspecified atom stereocenters. The number of carbonyl (C=O) groups is 2. The van der Waals surface area contributed by atoms with Gasteiger partial charge in [0.15, 0.2) is 0 Å². The molecule has 0 saturated heterocycles. The molecule has 0 spiro atoms. The molecule has 1 amide bonds. The molecule has 138 valence electrons. The molecule has 5 N–H and O–H groups in total. The number of nitrogens with one attached hydrogen (secondary N) is 1. The van der Waals surface area contributed by atoms with Crippen LogP contribution in [0.1, 0.15) is 12.5 Å². The number of rotatable bonds is 7. The van der Waals surface area contributed by atoms with Crippen molar-refractivity contribution in [3.8, 4) is 0 Å². The van der Waals surface area contributed by atoms with Crippen molar-refractivity contribution < 1.29 is 14.3 Å². The lowest BCUT2D eigenvalue weighted by molar-refractivity contribution is -0.149. The van der Waals surface area contributed by atoms with Crippen LogP contribution >= 0.6 is 23.2 Å². The molecule has 8 heteroatoms. The highest BCUT2D eigenvalue weighted by molar-refractivity contribution is 6.39. The van der Waals surface area contributed by atoms with Crippen molar-refractivity contribution in [3.63, 3.8) is 0 Å². The molecule has 2 aromatic rings. The number of halogens is 2. The van der Waals surface area contributed by atoms with Gasteiger partial charge < -0.3 is 21.5 Å². The van der Waals surface area contributed by atoms with Crippen molar-refractivity contribution in [1.82, 2.24) is 0 Å². The van der Waals surface area contributed by atoms with Gasteiger partial charge in [-0.25, -0.2) is 0 Å². The predicted molar refractivity (Wildman–Crippen MR) is 103 cm³/mol. The molecule has 0 radical (unpaired) electrons. The number of nitrogens with two attached hydrogens (primary N) is 2. The summed E-state index contributed by atoms with van der Waals surface area (Å²) in [5.74, 6) is -1.27. The van der Waals surface area contributed by atoms with E-state index in [0.29, 0.717) is 27.0 Å². The fraction of sp³-hybridized carbons (Fsp3) is 0.222. The zero-order valence-corrected chi connectivity index (χ0v) is 15.6. The van der Waals surface area contributed by atoms with Crippen molar-refractivity contribution in [2.45, 2.75) is 25.5 Å². The van der Waals surface area contributed by atoms with Crippen molar-refractivity contribution in [3.05, 3.63) is 58.1 Å². The molecule has 2 aromatic carbocycles. The SMILES string of the molecule is C[C@@H](OC(=O)Cc1ccccc1Nc1c(Cl)cccc1Cl)[C@H](N)C(N)=O. The number of para-hydroxylation sites is 2. The van der Waals surface area contributed by atoms with Gasteiger partial charge in [-0.15, -0.1) is 0 Å². The van der Waals surface area contributed by atoms with Gasteiger partial charge in [-0.05, 0) is 30.7 Å². The lowest BCUT2D eigenvalue weighted by Crippen LogP contribution is -2.46. The maximum atomic E-state index is 12.2. The summed E-state index contributed by atoms with van der Waals surface area (Å²) in [6, 6.07) is 11.3. The van der Waals surface area contributed by atoms with Gasteiger partial charge in [-0.1, -0.05) is 47.5 Å². The molecule has 0 aliphatic heterocycles. The molecule has 2 rings (SSSR count). The maximum absolute atomic E-state index is 12.2. The minimum Gasteiger partial charge on any atom is -0.460 e. The van der Waals surface area contributed by atoms with E-state index in [1.807, 2.05) is 6.07 Å². The first-order chi connectivity index (χ1) is 12.3. The van der Waals surface area contributed by atoms with Crippen molar-refractivity contribution in [2.75, 3.05) is 5.32 Å². The van der Waals surface area contributed by atoms with E-state index in [1.165, 1.54) is 6.92 Å². The lowest BCUT2D eigenvalue weighted by atomic mass is 10.1. The topological polar surface area (TPSA) is 107 Å². The molecule has 0 aliphatic carbocycles. The Morgan fingerprint density at radius 2 is 1.73 bits per heavy atom. The molecule has 0 bridgehead atoms. The molecule has 0 fully saturated rings. The third-order valence-electron chi connectivity index (χ3n) is 3.73. The standard InChI is InChI=1S/C18H19Cl2N3O3/c1-10(16(21)18(22)25)26-15(24)9-11-5-2-3-8-14(11)23-17-12(19)6-4-7-13(17)20/h2-8,10,16,23H,9,21H2,1H3,(H2,22,25)/t10-,16+/m1/s1. The first-order valence-electron chi connectivity index (χ1n) is 7.83. The highest BCUT2D eigenvalue weighted by atomic mass is 35.5. The second kappa shape index (κ2) is 8.89. The smallest absolute Gasteiger partial charge is 0.310 e. The van der Waals surface area contributed by atoms with E-state index >= 15 is 0 Å². The second-order valence-corrected chi connectivity index (χ2v) is 6.49. The van der Waals surface area contributed by atoms with Gasteiger partial charge in [-0.2, -0.15) is 0 Å². The van der Waals surface area contributed by atoms with Gasteiger partial charge in [-0.3, -0.25) is 9.59 Å². The van der Waals surface area contributed by atoms with E-state index in [0.717, 1.165) is 0 Å². The average molecular weight is 396 g/mol. The van der Waals surface area contributed by atoms with Crippen LogP contribution in [0.5, 0.6) is 0 Å². The first kappa shape index (κ1) is 20.0. The van der Waals surface area contributed by atoms with Crippen LogP contribution in [0.3, 0.4) is 0 Å². The van der Waals surface area contributed by atoms with Crippen LogP contribution in [0.25, 0.3) is 0 Å². The molecular weight excluding hydrogens is 377 g/mol. The minimum atomic E-state index is -1.06. The summed E-state index contributed by atoms with van der Waals surface area (Å²) in [6.45, 7) is 1.51. The number of primary amides is 1. The number of amides is 1. The quantitative estimate of drug-likeness (QED) is 0.624. The zero-order chi connectivity index (χ0) is 19.3. The summed E-state index contributed by atoms with van der Waals surface area (Å²) in [6.07, 6.45) is -0.848. The summed E-state index contributed by atoms with van der Waals surface area (Å²) in [7, 11) is 0. The second-order valence-electron chi connectivity index (χ2n) is 5.68. The Morgan fingerprint density at radius 1 is 1.12 bits per heavy atom. The largest absolute Gasteiger partial charge is 0.460 e. The predicted octanol–water partition coefficient (Wildman–Crippen LogP) is 3.02. The van der Waals surface area contributed by atoms with Crippen LogP contribution in [0.2, 0.25) is 10.0 Å². The van der Waals surface area contributed by atoms with E-state index in [-0.39, 0.29) is 6.42 Å². The zero-order valence-electron chi connectivity index (χ0n) is 14.0. The fourth-order valence-electron chi connectivity index (χ4n) is 2.26. The highest BCUT2D eigenvalue weighted by Crippen LogP contribution is 2.33. The maximum Gasteiger partial charge on any atom is 0.310 e. The van der Waals surface area contributed by atoms with Crippen LogP contribution in [-0.4, -0.2) is 24.0 Å². The Morgan fingerprint density at radius 3 is 2.35 bits per heavy atom. The highest BCUT2D eigenvalue weighted by Gasteiger charge is 2.22. The van der Waals surface area contributed by atoms with Gasteiger partial charge in [0.1, 0.15) is 12.1 Å². The molecule has 2 atom stereocenters. The van der Waals surface area contributed by atoms with Gasteiger partial charge in [0.05, 0.1) is 22.2 Å². The van der Waals surface area contributed by atoms with E-state index in [4.69, 9.17) is 39.4 Å².